The van der Waals surface area contributed by atoms with Gasteiger partial charge >= 0.3 is 0 Å². The number of fused-ring (bicyclic) bond motifs is 1. The molecule has 0 bridgehead atoms. The molecule has 10 heteroatoms. The van der Waals surface area contributed by atoms with Crippen molar-refractivity contribution in [2.75, 3.05) is 14.2 Å². The average molecular weight is 521 g/mol. The average Bonchev–Trinajstić information content (AvgIpc) is 2.89. The number of hydrogen-bond donors (Lipinski definition) is 1. The molecule has 0 radical (unpaired) electrons. The Labute approximate surface area is 218 Å². The fourth-order valence-corrected chi connectivity index (χ4v) is 4.11. The number of aromatic nitrogens is 3. The van der Waals surface area contributed by atoms with Crippen LogP contribution in [0.2, 0.25) is 5.02 Å². The topological polar surface area (TPSA) is 112 Å². The van der Waals surface area contributed by atoms with Gasteiger partial charge in [-0.25, -0.2) is 9.97 Å². The van der Waals surface area contributed by atoms with Gasteiger partial charge in [-0.2, -0.15) is 0 Å². The first-order valence-electron chi connectivity index (χ1n) is 11.4. The lowest BCUT2D eigenvalue weighted by molar-refractivity contribution is -0.122. The number of amides is 1. The summed E-state index contributed by atoms with van der Waals surface area (Å²) in [4.78, 5) is 46.9. The molecule has 37 heavy (non-hydrogen) atoms. The third-order valence-electron chi connectivity index (χ3n) is 5.60. The molecule has 9 nitrogen and oxygen atoms in total. The summed E-state index contributed by atoms with van der Waals surface area (Å²) in [7, 11) is 2.99. The standard InChI is InChI=1S/C27H25ClN4O5/c1-15(2)30-24(34)13-32-26(17-5-6-22(28)23(11-17)37-4)31-25-21(27(32)35)10-19(12-29-25)18-7-16(14-33)8-20(9-18)36-3/h5-12,14-15H,13H2,1-4H3,(H,30,34). The third kappa shape index (κ3) is 5.46. The highest BCUT2D eigenvalue weighted by Gasteiger charge is 2.19. The maximum atomic E-state index is 13.8. The van der Waals surface area contributed by atoms with E-state index in [9.17, 15) is 14.4 Å². The van der Waals surface area contributed by atoms with Gasteiger partial charge in [0.25, 0.3) is 5.56 Å². The molecule has 4 aromatic rings. The van der Waals surface area contributed by atoms with E-state index >= 15 is 0 Å². The highest BCUT2D eigenvalue weighted by molar-refractivity contribution is 6.32. The summed E-state index contributed by atoms with van der Waals surface area (Å²) >= 11 is 6.19. The van der Waals surface area contributed by atoms with Crippen molar-refractivity contribution in [2.24, 2.45) is 0 Å². The molecule has 0 saturated carbocycles. The number of rotatable bonds is 8. The molecule has 190 valence electrons. The quantitative estimate of drug-likeness (QED) is 0.347. The van der Waals surface area contributed by atoms with Crippen LogP contribution in [0.5, 0.6) is 11.5 Å². The Morgan fingerprint density at radius 2 is 1.86 bits per heavy atom. The van der Waals surface area contributed by atoms with Crippen molar-refractivity contribution < 1.29 is 19.1 Å². The molecule has 0 aliphatic rings. The SMILES string of the molecule is COc1cc(C=O)cc(-c2cnc3nc(-c4ccc(Cl)c(OC)c4)n(CC(=O)NC(C)C)c(=O)c3c2)c1. The molecule has 0 spiro atoms. The van der Waals surface area contributed by atoms with E-state index in [1.165, 1.54) is 18.8 Å². The van der Waals surface area contributed by atoms with Gasteiger partial charge in [0.1, 0.15) is 30.2 Å². The van der Waals surface area contributed by atoms with Crippen molar-refractivity contribution >= 4 is 34.8 Å². The molecule has 1 N–H and O–H groups in total. The van der Waals surface area contributed by atoms with Crippen LogP contribution < -0.4 is 20.3 Å². The number of hydrogen-bond acceptors (Lipinski definition) is 7. The molecule has 2 heterocycles. The van der Waals surface area contributed by atoms with Crippen LogP contribution in [0.1, 0.15) is 24.2 Å². The Morgan fingerprint density at radius 3 is 2.54 bits per heavy atom. The Hall–Kier alpha value is -4.24. The molecular weight excluding hydrogens is 496 g/mol. The van der Waals surface area contributed by atoms with Gasteiger partial charge < -0.3 is 14.8 Å². The zero-order valence-corrected chi connectivity index (χ0v) is 21.5. The smallest absolute Gasteiger partial charge is 0.263 e. The second-order valence-electron chi connectivity index (χ2n) is 8.61. The van der Waals surface area contributed by atoms with Crippen LogP contribution >= 0.6 is 11.6 Å². The molecule has 1 amide bonds. The zero-order chi connectivity index (χ0) is 26.7. The number of nitrogens with one attached hydrogen (secondary N) is 1. The number of aldehydes is 1. The van der Waals surface area contributed by atoms with E-state index in [4.69, 9.17) is 21.1 Å². The predicted molar refractivity (Wildman–Crippen MR) is 141 cm³/mol. The Bertz CT molecular complexity index is 1560. The fourth-order valence-electron chi connectivity index (χ4n) is 3.92. The molecule has 2 aromatic heterocycles. The van der Waals surface area contributed by atoms with Crippen LogP contribution in [0.4, 0.5) is 0 Å². The summed E-state index contributed by atoms with van der Waals surface area (Å²) in [5, 5.41) is 3.42. The molecule has 4 rings (SSSR count). The van der Waals surface area contributed by atoms with Gasteiger partial charge in [-0.15, -0.1) is 0 Å². The molecular formula is C27H25ClN4O5. The lowest BCUT2D eigenvalue weighted by Crippen LogP contribution is -2.37. The predicted octanol–water partition coefficient (Wildman–Crippen LogP) is 4.13. The van der Waals surface area contributed by atoms with Gasteiger partial charge in [0, 0.05) is 28.9 Å². The maximum Gasteiger partial charge on any atom is 0.263 e. The number of nitrogens with zero attached hydrogens (tertiary/aromatic N) is 3. The Balaban J connectivity index is 1.93. The number of benzene rings is 2. The van der Waals surface area contributed by atoms with E-state index in [0.717, 1.165) is 6.29 Å². The highest BCUT2D eigenvalue weighted by Crippen LogP contribution is 2.31. The van der Waals surface area contributed by atoms with Crippen molar-refractivity contribution in [1.29, 1.82) is 0 Å². The lowest BCUT2D eigenvalue weighted by Gasteiger charge is -2.16. The summed E-state index contributed by atoms with van der Waals surface area (Å²) < 4.78 is 11.9. The number of halogens is 1. The molecule has 0 atom stereocenters. The van der Waals surface area contributed by atoms with Crippen molar-refractivity contribution in [3.63, 3.8) is 0 Å². The molecule has 0 aliphatic heterocycles. The van der Waals surface area contributed by atoms with Crippen molar-refractivity contribution in [2.45, 2.75) is 26.4 Å². The van der Waals surface area contributed by atoms with E-state index in [0.29, 0.717) is 38.8 Å². The number of carbonyl (C=O) groups excluding carboxylic acids is 2. The first-order valence-corrected chi connectivity index (χ1v) is 11.8. The number of carbonyl (C=O) groups is 2. The van der Waals surface area contributed by atoms with Crippen LogP contribution in [0.25, 0.3) is 33.5 Å². The first kappa shape index (κ1) is 25.8. The zero-order valence-electron chi connectivity index (χ0n) is 20.7. The Morgan fingerprint density at radius 1 is 1.08 bits per heavy atom. The normalized spacial score (nSPS) is 11.0. The van der Waals surface area contributed by atoms with Gasteiger partial charge in [0.2, 0.25) is 5.91 Å². The van der Waals surface area contributed by atoms with Crippen LogP contribution in [0.15, 0.2) is 53.5 Å². The Kier molecular flexibility index (Phi) is 7.54. The van der Waals surface area contributed by atoms with Gasteiger partial charge in [-0.1, -0.05) is 11.6 Å². The van der Waals surface area contributed by atoms with Crippen molar-refractivity contribution in [1.82, 2.24) is 19.9 Å². The van der Waals surface area contributed by atoms with Gasteiger partial charge in [-0.05, 0) is 61.9 Å². The summed E-state index contributed by atoms with van der Waals surface area (Å²) in [6.07, 6.45) is 2.29. The van der Waals surface area contributed by atoms with Gasteiger partial charge in [-0.3, -0.25) is 19.0 Å². The monoisotopic (exact) mass is 520 g/mol. The van der Waals surface area contributed by atoms with E-state index in [2.05, 4.69) is 15.3 Å². The van der Waals surface area contributed by atoms with Gasteiger partial charge in [0.05, 0.1) is 24.6 Å². The first-order chi connectivity index (χ1) is 17.7. The van der Waals surface area contributed by atoms with E-state index < -0.39 is 5.56 Å². The van der Waals surface area contributed by atoms with E-state index in [1.54, 1.807) is 48.7 Å². The third-order valence-corrected chi connectivity index (χ3v) is 5.92. The van der Waals surface area contributed by atoms with E-state index in [1.807, 2.05) is 13.8 Å². The largest absolute Gasteiger partial charge is 0.497 e. The highest BCUT2D eigenvalue weighted by atomic mass is 35.5. The summed E-state index contributed by atoms with van der Waals surface area (Å²) in [6.45, 7) is 3.42. The van der Waals surface area contributed by atoms with Crippen LogP contribution in [0.3, 0.4) is 0 Å². The second kappa shape index (κ2) is 10.8. The van der Waals surface area contributed by atoms with Crippen LogP contribution in [-0.4, -0.2) is 47.0 Å². The lowest BCUT2D eigenvalue weighted by atomic mass is 10.0. The second-order valence-corrected chi connectivity index (χ2v) is 9.01. The minimum absolute atomic E-state index is 0.107. The van der Waals surface area contributed by atoms with Crippen molar-refractivity contribution in [3.8, 4) is 34.0 Å². The molecule has 0 fully saturated rings. The van der Waals surface area contributed by atoms with Gasteiger partial charge in [0.15, 0.2) is 5.65 Å². The maximum absolute atomic E-state index is 13.8. The fraction of sp³-hybridized carbons (Fsp3) is 0.222. The molecule has 2 aromatic carbocycles. The molecule has 0 unspecified atom stereocenters. The number of pyridine rings is 1. The molecule has 0 aliphatic carbocycles. The van der Waals surface area contributed by atoms with E-state index in [-0.39, 0.29) is 35.4 Å². The number of methoxy groups -OCH3 is 2. The number of ether oxygens (including phenoxy) is 2. The van der Waals surface area contributed by atoms with Crippen LogP contribution in [0, 0.1) is 0 Å². The summed E-state index contributed by atoms with van der Waals surface area (Å²) in [6, 6.07) is 11.5. The summed E-state index contributed by atoms with van der Waals surface area (Å²) in [5.74, 6) is 0.802. The molecule has 0 saturated heterocycles. The minimum atomic E-state index is -0.444. The minimum Gasteiger partial charge on any atom is -0.497 e. The summed E-state index contributed by atoms with van der Waals surface area (Å²) in [5.41, 5.74) is 1.95. The van der Waals surface area contributed by atoms with Crippen LogP contribution in [-0.2, 0) is 11.3 Å². The van der Waals surface area contributed by atoms with Crippen molar-refractivity contribution in [3.05, 3.63) is 69.6 Å².